The van der Waals surface area contributed by atoms with Crippen LogP contribution in [0.3, 0.4) is 0 Å². The van der Waals surface area contributed by atoms with E-state index in [2.05, 4.69) is 21.2 Å². The van der Waals surface area contributed by atoms with Crippen LogP contribution in [0.5, 0.6) is 5.75 Å². The van der Waals surface area contributed by atoms with E-state index in [1.165, 1.54) is 18.2 Å². The first kappa shape index (κ1) is 14.0. The second-order valence-electron chi connectivity index (χ2n) is 3.48. The topological polar surface area (TPSA) is 92.5 Å². The highest BCUT2D eigenvalue weighted by atomic mass is 79.9. The van der Waals surface area contributed by atoms with Crippen molar-refractivity contribution < 1.29 is 14.8 Å². The Bertz CT molecular complexity index is 645. The van der Waals surface area contributed by atoms with Crippen molar-refractivity contribution in [2.75, 3.05) is 0 Å². The molecule has 0 spiro atoms. The molecule has 0 aliphatic carbocycles. The number of nitrogens with zero attached hydrogens (tertiary/aromatic N) is 1. The standard InChI is InChI=1S/C10H5BrN2O4S2/c11-5-1-4(2-6(8(5)14)13(16)17)3-7-9(15)12-10(18)19-7/h1-3,14H,(H,12,15,18)/b7-3+. The first-order valence-corrected chi connectivity index (χ1v) is 6.82. The molecule has 98 valence electrons. The Morgan fingerprint density at radius 3 is 2.74 bits per heavy atom. The number of hydrogen-bond acceptors (Lipinski definition) is 6. The van der Waals surface area contributed by atoms with Gasteiger partial charge in [0, 0.05) is 6.07 Å². The van der Waals surface area contributed by atoms with E-state index in [4.69, 9.17) is 12.2 Å². The molecular weight excluding hydrogens is 356 g/mol. The van der Waals surface area contributed by atoms with E-state index in [9.17, 15) is 20.0 Å². The number of thioether (sulfide) groups is 1. The molecule has 1 aromatic rings. The van der Waals surface area contributed by atoms with E-state index in [1.54, 1.807) is 0 Å². The summed E-state index contributed by atoms with van der Waals surface area (Å²) >= 11 is 8.94. The fraction of sp³-hybridized carbons (Fsp3) is 0. The van der Waals surface area contributed by atoms with Gasteiger partial charge in [-0.05, 0) is 33.6 Å². The van der Waals surface area contributed by atoms with Crippen LogP contribution in [0.2, 0.25) is 0 Å². The molecule has 0 unspecified atom stereocenters. The zero-order valence-electron chi connectivity index (χ0n) is 9.05. The maximum absolute atomic E-state index is 11.5. The van der Waals surface area contributed by atoms with Gasteiger partial charge >= 0.3 is 5.69 Å². The van der Waals surface area contributed by atoms with Gasteiger partial charge in [-0.2, -0.15) is 0 Å². The summed E-state index contributed by atoms with van der Waals surface area (Å²) in [4.78, 5) is 21.9. The summed E-state index contributed by atoms with van der Waals surface area (Å²) in [7, 11) is 0. The number of carbonyl (C=O) groups is 1. The highest BCUT2D eigenvalue weighted by Crippen LogP contribution is 2.36. The van der Waals surface area contributed by atoms with Crippen LogP contribution < -0.4 is 5.32 Å². The van der Waals surface area contributed by atoms with E-state index >= 15 is 0 Å². The van der Waals surface area contributed by atoms with Crippen LogP contribution in [-0.4, -0.2) is 20.3 Å². The largest absolute Gasteiger partial charge is 0.501 e. The lowest BCUT2D eigenvalue weighted by Crippen LogP contribution is -2.17. The third-order valence-electron chi connectivity index (χ3n) is 2.20. The minimum absolute atomic E-state index is 0.180. The van der Waals surface area contributed by atoms with Crippen molar-refractivity contribution in [2.24, 2.45) is 0 Å². The molecule has 0 radical (unpaired) electrons. The molecule has 1 fully saturated rings. The molecule has 0 saturated carbocycles. The molecule has 1 aliphatic heterocycles. The van der Waals surface area contributed by atoms with Crippen LogP contribution in [0.4, 0.5) is 5.69 Å². The predicted molar refractivity (Wildman–Crippen MR) is 78.8 cm³/mol. The smallest absolute Gasteiger partial charge is 0.312 e. The monoisotopic (exact) mass is 360 g/mol. The molecule has 19 heavy (non-hydrogen) atoms. The number of phenolic OH excluding ortho intramolecular Hbond substituents is 1. The van der Waals surface area contributed by atoms with Gasteiger partial charge in [-0.1, -0.05) is 24.0 Å². The number of rotatable bonds is 2. The van der Waals surface area contributed by atoms with E-state index in [0.29, 0.717) is 14.8 Å². The highest BCUT2D eigenvalue weighted by Gasteiger charge is 2.23. The number of benzene rings is 1. The number of nitro benzene ring substituents is 1. The van der Waals surface area contributed by atoms with Gasteiger partial charge in [0.2, 0.25) is 5.75 Å². The summed E-state index contributed by atoms with van der Waals surface area (Å²) in [6.07, 6.45) is 1.47. The first-order valence-electron chi connectivity index (χ1n) is 4.80. The van der Waals surface area contributed by atoms with Gasteiger partial charge < -0.3 is 10.4 Å². The number of hydrogen-bond donors (Lipinski definition) is 2. The lowest BCUT2D eigenvalue weighted by atomic mass is 10.1. The molecular formula is C10H5BrN2O4S2. The number of aromatic hydroxyl groups is 1. The predicted octanol–water partition coefficient (Wildman–Crippen LogP) is 2.55. The molecule has 1 heterocycles. The maximum Gasteiger partial charge on any atom is 0.312 e. The quantitative estimate of drug-likeness (QED) is 0.364. The minimum Gasteiger partial charge on any atom is -0.501 e. The Labute approximate surface area is 125 Å². The SMILES string of the molecule is O=C1NC(=S)S/C1=C/c1cc(Br)c(O)c([N+](=O)[O-])c1. The fourth-order valence-electron chi connectivity index (χ4n) is 1.40. The van der Waals surface area contributed by atoms with Gasteiger partial charge in [-0.25, -0.2) is 0 Å². The van der Waals surface area contributed by atoms with Gasteiger partial charge in [0.1, 0.15) is 4.32 Å². The zero-order chi connectivity index (χ0) is 14.2. The minimum atomic E-state index is -0.700. The molecule has 6 nitrogen and oxygen atoms in total. The van der Waals surface area contributed by atoms with Gasteiger partial charge in [-0.3, -0.25) is 14.9 Å². The van der Waals surface area contributed by atoms with Gasteiger partial charge in [-0.15, -0.1) is 0 Å². The van der Waals surface area contributed by atoms with Crippen molar-refractivity contribution in [2.45, 2.75) is 0 Å². The van der Waals surface area contributed by atoms with Crippen molar-refractivity contribution in [3.05, 3.63) is 37.2 Å². The highest BCUT2D eigenvalue weighted by molar-refractivity contribution is 9.10. The Kier molecular flexibility index (Phi) is 3.88. The molecule has 9 heteroatoms. The summed E-state index contributed by atoms with van der Waals surface area (Å²) < 4.78 is 0.517. The van der Waals surface area contributed by atoms with Gasteiger partial charge in [0.25, 0.3) is 5.91 Å². The molecule has 2 rings (SSSR count). The van der Waals surface area contributed by atoms with Crippen molar-refractivity contribution >= 4 is 61.9 Å². The third-order valence-corrected chi connectivity index (χ3v) is 3.97. The average molecular weight is 361 g/mol. The zero-order valence-corrected chi connectivity index (χ0v) is 12.3. The van der Waals surface area contributed by atoms with Gasteiger partial charge in [0.05, 0.1) is 14.3 Å². The number of carbonyl (C=O) groups excluding carboxylic acids is 1. The van der Waals surface area contributed by atoms with Gasteiger partial charge in [0.15, 0.2) is 0 Å². The molecule has 0 atom stereocenters. The van der Waals surface area contributed by atoms with Crippen molar-refractivity contribution in [1.29, 1.82) is 0 Å². The second kappa shape index (κ2) is 5.27. The second-order valence-corrected chi connectivity index (χ2v) is 6.05. The van der Waals surface area contributed by atoms with Crippen molar-refractivity contribution in [3.8, 4) is 5.75 Å². The molecule has 1 saturated heterocycles. The van der Waals surface area contributed by atoms with Crippen LogP contribution in [0.1, 0.15) is 5.56 Å². The van der Waals surface area contributed by atoms with Crippen molar-refractivity contribution in [1.82, 2.24) is 5.32 Å². The van der Waals surface area contributed by atoms with E-state index in [1.807, 2.05) is 0 Å². The number of halogens is 1. The number of nitro groups is 1. The summed E-state index contributed by atoms with van der Waals surface area (Å²) in [5.74, 6) is -0.798. The Morgan fingerprint density at radius 1 is 1.53 bits per heavy atom. The molecule has 1 aromatic carbocycles. The average Bonchev–Trinajstić information content (AvgIpc) is 2.62. The van der Waals surface area contributed by atoms with Crippen LogP contribution >= 0.6 is 39.9 Å². The Morgan fingerprint density at radius 2 is 2.21 bits per heavy atom. The van der Waals surface area contributed by atoms with Crippen LogP contribution in [-0.2, 0) is 4.79 Å². The molecule has 2 N–H and O–H groups in total. The number of nitrogens with one attached hydrogen (secondary N) is 1. The van der Waals surface area contributed by atoms with E-state index in [0.717, 1.165) is 11.8 Å². The van der Waals surface area contributed by atoms with Crippen LogP contribution in [0.25, 0.3) is 6.08 Å². The fourth-order valence-corrected chi connectivity index (χ4v) is 2.91. The summed E-state index contributed by atoms with van der Waals surface area (Å²) in [6, 6.07) is 2.66. The summed E-state index contributed by atoms with van der Waals surface area (Å²) in [6.45, 7) is 0. The first-order chi connectivity index (χ1) is 8.88. The van der Waals surface area contributed by atoms with Crippen LogP contribution in [0, 0.1) is 10.1 Å². The Hall–Kier alpha value is -1.45. The molecule has 1 amide bonds. The number of amides is 1. The van der Waals surface area contributed by atoms with E-state index in [-0.39, 0.29) is 10.4 Å². The number of phenols is 1. The lowest BCUT2D eigenvalue weighted by Gasteiger charge is -2.01. The maximum atomic E-state index is 11.5. The number of thiocarbonyl (C=S) groups is 1. The molecule has 0 aromatic heterocycles. The molecule has 0 bridgehead atoms. The summed E-state index contributed by atoms with van der Waals surface area (Å²) in [5, 5.41) is 22.8. The van der Waals surface area contributed by atoms with Crippen molar-refractivity contribution in [3.63, 3.8) is 0 Å². The lowest BCUT2D eigenvalue weighted by molar-refractivity contribution is -0.386. The Balaban J connectivity index is 2.47. The van der Waals surface area contributed by atoms with Crippen LogP contribution in [0.15, 0.2) is 21.5 Å². The molecule has 1 aliphatic rings. The summed E-state index contributed by atoms with van der Waals surface area (Å²) in [5.41, 5.74) is -0.0223. The third kappa shape index (κ3) is 2.94. The van der Waals surface area contributed by atoms with E-state index < -0.39 is 16.4 Å². The normalized spacial score (nSPS) is 16.8.